The van der Waals surface area contributed by atoms with Crippen molar-refractivity contribution in [3.63, 3.8) is 0 Å². The molecule has 1 aliphatic heterocycles. The number of rotatable bonds is 1. The van der Waals surface area contributed by atoms with Gasteiger partial charge in [0.05, 0.1) is 0 Å². The summed E-state index contributed by atoms with van der Waals surface area (Å²) in [7, 11) is 0. The maximum Gasteiger partial charge on any atom is 1.00 e. The molecule has 0 saturated heterocycles. The molecule has 0 amide bonds. The Kier molecular flexibility index (Phi) is 5.86. The van der Waals surface area contributed by atoms with Gasteiger partial charge in [0.25, 0.3) is 0 Å². The van der Waals surface area contributed by atoms with Gasteiger partial charge >= 0.3 is 58.2 Å². The molecule has 1 aliphatic carbocycles. The first-order valence-electron chi connectivity index (χ1n) is 6.60. The smallest absolute Gasteiger partial charge is 0.487 e. The molecule has 1 saturated carbocycles. The van der Waals surface area contributed by atoms with Crippen molar-refractivity contribution in [2.75, 3.05) is 0 Å². The topological polar surface area (TPSA) is 9.23 Å². The van der Waals surface area contributed by atoms with E-state index in [4.69, 9.17) is 4.74 Å². The first kappa shape index (κ1) is 15.1. The molecule has 1 fully saturated rings. The first-order chi connectivity index (χ1) is 8.34. The Morgan fingerprint density at radius 2 is 1.94 bits per heavy atom. The van der Waals surface area contributed by atoms with Gasteiger partial charge in [0.1, 0.15) is 6.10 Å². The zero-order valence-corrected chi connectivity index (χ0v) is 15.9. The van der Waals surface area contributed by atoms with E-state index in [1.807, 2.05) is 6.07 Å². The van der Waals surface area contributed by atoms with Crippen LogP contribution in [-0.4, -0.2) is 6.10 Å². The summed E-state index contributed by atoms with van der Waals surface area (Å²) in [6, 6.07) is 5.24. The van der Waals surface area contributed by atoms with E-state index in [9.17, 15) is 4.39 Å². The zero-order chi connectivity index (χ0) is 11.7. The summed E-state index contributed by atoms with van der Waals surface area (Å²) in [5.74, 6) is 0.931. The maximum absolute atomic E-state index is 13.7. The van der Waals surface area contributed by atoms with Gasteiger partial charge < -0.3 is 11.2 Å². The van der Waals surface area contributed by atoms with Gasteiger partial charge in [-0.2, -0.15) is 12.8 Å². The monoisotopic (exact) mass is 318 g/mol. The summed E-state index contributed by atoms with van der Waals surface area (Å²) in [6.45, 7) is 0. The molecule has 1 atom stereocenters. The molecule has 1 unspecified atom stereocenters. The molecule has 1 nitrogen and oxygen atoms in total. The Bertz CT molecular complexity index is 401. The van der Waals surface area contributed by atoms with Crippen molar-refractivity contribution in [3.05, 3.63) is 36.0 Å². The fourth-order valence-corrected chi connectivity index (χ4v) is 3.05. The minimum absolute atomic E-state index is 0. The molecule has 3 rings (SSSR count). The van der Waals surface area contributed by atoms with Crippen LogP contribution in [0.1, 0.15) is 37.7 Å². The normalized spacial score (nSPS) is 23.7. The minimum atomic E-state index is -0.199. The van der Waals surface area contributed by atoms with E-state index < -0.39 is 0 Å². The summed E-state index contributed by atoms with van der Waals surface area (Å²) >= 11 is 0. The fraction of sp³-hybridized carbons (Fsp3) is 0.533. The molecule has 2 aliphatic rings. The van der Waals surface area contributed by atoms with Gasteiger partial charge in [-0.3, -0.25) is 0 Å². The second kappa shape index (κ2) is 6.96. The minimum Gasteiger partial charge on any atom is -0.487 e. The molecule has 3 heteroatoms. The van der Waals surface area contributed by atoms with E-state index >= 15 is 0 Å². The number of hydrogen-bond donors (Lipinski definition) is 0. The third-order valence-electron chi connectivity index (χ3n) is 4.02. The molecule has 0 aromatic heterocycles. The second-order valence-corrected chi connectivity index (χ2v) is 5.13. The van der Waals surface area contributed by atoms with Gasteiger partial charge in [-0.05, 0) is 30.4 Å². The van der Waals surface area contributed by atoms with Gasteiger partial charge in [0, 0.05) is 0 Å². The molecule has 0 radical (unpaired) electrons. The van der Waals surface area contributed by atoms with Crippen LogP contribution in [0.25, 0.3) is 0 Å². The molecule has 1 aromatic carbocycles. The van der Waals surface area contributed by atoms with Crippen LogP contribution in [-0.2, 0) is 6.42 Å². The van der Waals surface area contributed by atoms with Crippen molar-refractivity contribution in [2.45, 2.75) is 44.6 Å². The SMILES string of the molecule is Fc1cccc2c1OC(C1CC[CH-]CC1)CC2.[Rb+]. The maximum atomic E-state index is 13.7. The Hall–Kier alpha value is 0.755. The summed E-state index contributed by atoms with van der Waals surface area (Å²) in [4.78, 5) is 0. The van der Waals surface area contributed by atoms with E-state index in [0.29, 0.717) is 11.7 Å². The molecule has 0 N–H and O–H groups in total. The van der Waals surface area contributed by atoms with Crippen LogP contribution in [0, 0.1) is 18.2 Å². The van der Waals surface area contributed by atoms with Crippen molar-refractivity contribution in [1.82, 2.24) is 0 Å². The standard InChI is InChI=1S/C15H18FO.Rb/c16-13-8-4-7-12-9-10-14(17-15(12)13)11-5-2-1-3-6-11;/h1,4,7-8,11,14H,2-3,5-6,9-10H2;/q-1;+1. The summed E-state index contributed by atoms with van der Waals surface area (Å²) in [5.41, 5.74) is 1.03. The number of hydrogen-bond acceptors (Lipinski definition) is 1. The van der Waals surface area contributed by atoms with Crippen molar-refractivity contribution < 1.29 is 67.3 Å². The average molecular weight is 319 g/mol. The summed E-state index contributed by atoms with van der Waals surface area (Å²) < 4.78 is 19.6. The average Bonchev–Trinajstić information content (AvgIpc) is 2.40. The van der Waals surface area contributed by atoms with Crippen LogP contribution in [0.4, 0.5) is 4.39 Å². The van der Waals surface area contributed by atoms with Gasteiger partial charge in [-0.1, -0.05) is 25.0 Å². The number of ether oxygens (including phenoxy) is 1. The molecule has 1 aromatic rings. The number of benzene rings is 1. The Balaban J connectivity index is 0.00000120. The third kappa shape index (κ3) is 3.25. The Labute approximate surface area is 157 Å². The third-order valence-corrected chi connectivity index (χ3v) is 4.02. The van der Waals surface area contributed by atoms with Crippen molar-refractivity contribution in [3.8, 4) is 5.75 Å². The van der Waals surface area contributed by atoms with E-state index in [-0.39, 0.29) is 70.1 Å². The zero-order valence-electron chi connectivity index (χ0n) is 11.0. The summed E-state index contributed by atoms with van der Waals surface area (Å²) in [6.07, 6.45) is 9.37. The first-order valence-corrected chi connectivity index (χ1v) is 6.60. The van der Waals surface area contributed by atoms with Crippen LogP contribution in [0.3, 0.4) is 0 Å². The quantitative estimate of drug-likeness (QED) is 0.700. The van der Waals surface area contributed by atoms with Crippen LogP contribution in [0.15, 0.2) is 18.2 Å². The molecular formula is C15H18FORb. The number of para-hydroxylation sites is 1. The van der Waals surface area contributed by atoms with Gasteiger partial charge in [-0.25, -0.2) is 4.39 Å². The number of halogens is 1. The predicted molar refractivity (Wildman–Crippen MR) is 65.4 cm³/mol. The number of fused-ring (bicyclic) bond motifs is 1. The molecule has 92 valence electrons. The van der Waals surface area contributed by atoms with E-state index in [1.165, 1.54) is 31.7 Å². The van der Waals surface area contributed by atoms with Gasteiger partial charge in [-0.15, -0.1) is 0 Å². The van der Waals surface area contributed by atoms with Gasteiger partial charge in [0.2, 0.25) is 0 Å². The summed E-state index contributed by atoms with van der Waals surface area (Å²) in [5, 5.41) is 0. The molecular weight excluding hydrogens is 301 g/mol. The molecule has 0 bridgehead atoms. The van der Waals surface area contributed by atoms with E-state index in [2.05, 4.69) is 6.42 Å². The van der Waals surface area contributed by atoms with Crippen LogP contribution < -0.4 is 62.9 Å². The predicted octanol–water partition coefficient (Wildman–Crippen LogP) is 0.918. The van der Waals surface area contributed by atoms with E-state index in [1.54, 1.807) is 6.07 Å². The molecule has 0 spiro atoms. The number of aryl methyl sites for hydroxylation is 1. The molecule has 1 heterocycles. The van der Waals surface area contributed by atoms with Gasteiger partial charge in [0.15, 0.2) is 11.6 Å². The Morgan fingerprint density at radius 1 is 1.17 bits per heavy atom. The molecule has 18 heavy (non-hydrogen) atoms. The second-order valence-electron chi connectivity index (χ2n) is 5.13. The van der Waals surface area contributed by atoms with Crippen LogP contribution in [0.2, 0.25) is 0 Å². The van der Waals surface area contributed by atoms with E-state index in [0.717, 1.165) is 18.4 Å². The largest absolute Gasteiger partial charge is 1.00 e. The van der Waals surface area contributed by atoms with Crippen molar-refractivity contribution in [2.24, 2.45) is 5.92 Å². The van der Waals surface area contributed by atoms with Crippen LogP contribution >= 0.6 is 0 Å². The van der Waals surface area contributed by atoms with Crippen LogP contribution in [0.5, 0.6) is 5.75 Å². The van der Waals surface area contributed by atoms with Crippen molar-refractivity contribution in [1.29, 1.82) is 0 Å². The fourth-order valence-electron chi connectivity index (χ4n) is 3.05. The van der Waals surface area contributed by atoms with Crippen molar-refractivity contribution >= 4 is 0 Å². The Morgan fingerprint density at radius 3 is 2.72 bits per heavy atom.